The molecule has 0 saturated heterocycles. The number of hydrogen-bond acceptors (Lipinski definition) is 4. The molecule has 0 fully saturated rings. The lowest BCUT2D eigenvalue weighted by Gasteiger charge is -2.17. The van der Waals surface area contributed by atoms with Crippen LogP contribution in [0.2, 0.25) is 0 Å². The van der Waals surface area contributed by atoms with Gasteiger partial charge in [-0.05, 0) is 12.1 Å². The second-order valence-electron chi connectivity index (χ2n) is 4.13. The van der Waals surface area contributed by atoms with Gasteiger partial charge in [0, 0.05) is 38.2 Å². The summed E-state index contributed by atoms with van der Waals surface area (Å²) >= 11 is 0. The predicted octanol–water partition coefficient (Wildman–Crippen LogP) is 0.736. The van der Waals surface area contributed by atoms with Crippen molar-refractivity contribution < 1.29 is 0 Å². The zero-order valence-corrected chi connectivity index (χ0v) is 10.5. The third-order valence-electron chi connectivity index (χ3n) is 2.75. The van der Waals surface area contributed by atoms with Crippen molar-refractivity contribution in [3.05, 3.63) is 42.1 Å². The molecule has 0 radical (unpaired) electrons. The fourth-order valence-corrected chi connectivity index (χ4v) is 1.61. The van der Waals surface area contributed by atoms with Gasteiger partial charge in [-0.2, -0.15) is 0 Å². The van der Waals surface area contributed by atoms with Gasteiger partial charge in [0.15, 0.2) is 0 Å². The van der Waals surface area contributed by atoms with Crippen LogP contribution >= 0.6 is 0 Å². The van der Waals surface area contributed by atoms with E-state index < -0.39 is 0 Å². The molecular formula is C12H16N6. The minimum absolute atomic E-state index is 0.0285. The van der Waals surface area contributed by atoms with Crippen molar-refractivity contribution in [1.82, 2.24) is 14.5 Å². The van der Waals surface area contributed by atoms with Gasteiger partial charge in [0.05, 0.1) is 6.54 Å². The van der Waals surface area contributed by atoms with Crippen LogP contribution < -0.4 is 10.6 Å². The smallest absolute Gasteiger partial charge is 0.128 e. The lowest BCUT2D eigenvalue weighted by molar-refractivity contribution is 0.755. The highest BCUT2D eigenvalue weighted by Crippen LogP contribution is 2.12. The summed E-state index contributed by atoms with van der Waals surface area (Å²) in [6.45, 7) is 0.677. The van der Waals surface area contributed by atoms with Gasteiger partial charge < -0.3 is 15.2 Å². The van der Waals surface area contributed by atoms with Crippen LogP contribution in [0.15, 0.2) is 30.7 Å². The highest BCUT2D eigenvalue weighted by molar-refractivity contribution is 5.94. The Hall–Kier alpha value is -2.37. The van der Waals surface area contributed by atoms with Crippen molar-refractivity contribution in [3.63, 3.8) is 0 Å². The summed E-state index contributed by atoms with van der Waals surface area (Å²) in [5, 5.41) is 7.31. The minimum atomic E-state index is 0.0285. The Balaban J connectivity index is 2.12. The molecule has 6 nitrogen and oxygen atoms in total. The van der Waals surface area contributed by atoms with Crippen LogP contribution in [-0.2, 0) is 13.6 Å². The van der Waals surface area contributed by atoms with Gasteiger partial charge in [-0.25, -0.2) is 9.97 Å². The molecule has 2 heterocycles. The summed E-state index contributed by atoms with van der Waals surface area (Å²) in [7, 11) is 3.91. The van der Waals surface area contributed by atoms with Gasteiger partial charge in [-0.1, -0.05) is 0 Å². The van der Waals surface area contributed by atoms with Crippen molar-refractivity contribution in [2.45, 2.75) is 6.54 Å². The molecule has 94 valence electrons. The van der Waals surface area contributed by atoms with Crippen molar-refractivity contribution in [2.24, 2.45) is 12.8 Å². The van der Waals surface area contributed by atoms with E-state index >= 15 is 0 Å². The average molecular weight is 244 g/mol. The van der Waals surface area contributed by atoms with Crippen molar-refractivity contribution >= 4 is 11.7 Å². The quantitative estimate of drug-likeness (QED) is 0.613. The van der Waals surface area contributed by atoms with E-state index in [0.717, 1.165) is 11.6 Å². The lowest BCUT2D eigenvalue weighted by atomic mass is 10.2. The number of aryl methyl sites for hydroxylation is 1. The first-order valence-corrected chi connectivity index (χ1v) is 5.55. The molecule has 0 bridgehead atoms. The van der Waals surface area contributed by atoms with E-state index in [1.165, 1.54) is 0 Å². The molecule has 2 rings (SSSR count). The molecule has 0 spiro atoms. The third kappa shape index (κ3) is 2.48. The monoisotopic (exact) mass is 244 g/mol. The molecular weight excluding hydrogens is 228 g/mol. The Morgan fingerprint density at radius 3 is 2.72 bits per heavy atom. The van der Waals surface area contributed by atoms with Gasteiger partial charge in [0.2, 0.25) is 0 Å². The zero-order chi connectivity index (χ0) is 13.1. The van der Waals surface area contributed by atoms with Crippen LogP contribution in [0.3, 0.4) is 0 Å². The summed E-state index contributed by atoms with van der Waals surface area (Å²) in [6, 6.07) is 3.64. The van der Waals surface area contributed by atoms with Crippen LogP contribution in [0.1, 0.15) is 11.4 Å². The summed E-state index contributed by atoms with van der Waals surface area (Å²) in [5.41, 5.74) is 6.01. The predicted molar refractivity (Wildman–Crippen MR) is 70.6 cm³/mol. The highest BCUT2D eigenvalue weighted by Gasteiger charge is 2.07. The van der Waals surface area contributed by atoms with Gasteiger partial charge in [0.25, 0.3) is 0 Å². The second kappa shape index (κ2) is 4.87. The molecule has 0 aromatic carbocycles. The van der Waals surface area contributed by atoms with E-state index in [1.807, 2.05) is 35.8 Å². The number of nitrogens with one attached hydrogen (secondary N) is 1. The number of amidine groups is 1. The van der Waals surface area contributed by atoms with Crippen LogP contribution in [0.5, 0.6) is 0 Å². The van der Waals surface area contributed by atoms with Crippen LogP contribution in [0.4, 0.5) is 5.82 Å². The zero-order valence-electron chi connectivity index (χ0n) is 10.5. The minimum Gasteiger partial charge on any atom is -0.384 e. The number of nitrogens with zero attached hydrogens (tertiary/aromatic N) is 4. The largest absolute Gasteiger partial charge is 0.384 e. The molecule has 2 aromatic rings. The molecule has 18 heavy (non-hydrogen) atoms. The topological polar surface area (TPSA) is 83.8 Å². The summed E-state index contributed by atoms with van der Waals surface area (Å²) in [6.07, 6.45) is 5.29. The number of hydrogen-bond donors (Lipinski definition) is 2. The number of pyridine rings is 1. The van der Waals surface area contributed by atoms with Gasteiger partial charge in [0.1, 0.15) is 17.5 Å². The third-order valence-corrected chi connectivity index (χ3v) is 2.75. The first-order chi connectivity index (χ1) is 8.58. The molecule has 0 aliphatic carbocycles. The first kappa shape index (κ1) is 12.1. The van der Waals surface area contributed by atoms with Crippen molar-refractivity contribution in [3.8, 4) is 0 Å². The number of imidazole rings is 1. The van der Waals surface area contributed by atoms with Gasteiger partial charge in [-0.3, -0.25) is 5.41 Å². The summed E-state index contributed by atoms with van der Waals surface area (Å²) < 4.78 is 1.97. The fraction of sp³-hybridized carbons (Fsp3) is 0.250. The molecule has 0 amide bonds. The maximum atomic E-state index is 7.31. The maximum absolute atomic E-state index is 7.31. The molecule has 0 saturated carbocycles. The molecule has 0 aliphatic rings. The number of aromatic nitrogens is 3. The van der Waals surface area contributed by atoms with Crippen molar-refractivity contribution in [1.29, 1.82) is 5.41 Å². The Morgan fingerprint density at radius 2 is 2.22 bits per heavy atom. The average Bonchev–Trinajstić information content (AvgIpc) is 2.75. The van der Waals surface area contributed by atoms with Crippen LogP contribution in [0.25, 0.3) is 0 Å². The summed E-state index contributed by atoms with van der Waals surface area (Å²) in [4.78, 5) is 10.5. The van der Waals surface area contributed by atoms with Crippen LogP contribution in [0, 0.1) is 5.41 Å². The molecule has 0 unspecified atom stereocenters. The van der Waals surface area contributed by atoms with E-state index in [4.69, 9.17) is 11.1 Å². The van der Waals surface area contributed by atoms with Crippen molar-refractivity contribution in [2.75, 3.05) is 11.9 Å². The number of anilines is 1. The molecule has 0 atom stereocenters. The number of nitrogen functional groups attached to an aromatic ring is 1. The maximum Gasteiger partial charge on any atom is 0.128 e. The number of nitrogens with two attached hydrogens (primary N) is 1. The fourth-order valence-electron chi connectivity index (χ4n) is 1.61. The van der Waals surface area contributed by atoms with Crippen LogP contribution in [-0.4, -0.2) is 27.4 Å². The standard InChI is InChI=1S/C12H16N6/c1-17-6-5-15-11(17)8-18(2)10-4-3-9(7-16-10)12(13)14/h3-7H,8H2,1-2H3,(H3,13,14). The van der Waals surface area contributed by atoms with E-state index in [9.17, 15) is 0 Å². The lowest BCUT2D eigenvalue weighted by Crippen LogP contribution is -2.20. The second-order valence-corrected chi connectivity index (χ2v) is 4.13. The van der Waals surface area contributed by atoms with E-state index in [1.54, 1.807) is 18.5 Å². The van der Waals surface area contributed by atoms with E-state index in [0.29, 0.717) is 12.1 Å². The van der Waals surface area contributed by atoms with Gasteiger partial charge in [-0.15, -0.1) is 0 Å². The van der Waals surface area contributed by atoms with E-state index in [2.05, 4.69) is 9.97 Å². The Labute approximate surface area is 106 Å². The molecule has 2 aromatic heterocycles. The Kier molecular flexibility index (Phi) is 3.27. The molecule has 3 N–H and O–H groups in total. The number of rotatable bonds is 4. The Morgan fingerprint density at radius 1 is 1.44 bits per heavy atom. The molecule has 6 heteroatoms. The Bertz CT molecular complexity index is 542. The molecule has 0 aliphatic heterocycles. The SMILES string of the molecule is CN(Cc1nccn1C)c1ccc(C(=N)N)cn1. The first-order valence-electron chi connectivity index (χ1n) is 5.55. The summed E-state index contributed by atoms with van der Waals surface area (Å²) in [5.74, 6) is 1.82. The normalized spacial score (nSPS) is 10.3. The van der Waals surface area contributed by atoms with Gasteiger partial charge >= 0.3 is 0 Å². The van der Waals surface area contributed by atoms with E-state index in [-0.39, 0.29) is 5.84 Å². The highest BCUT2D eigenvalue weighted by atomic mass is 15.2.